The Kier molecular flexibility index (Phi) is 7.64. The highest BCUT2D eigenvalue weighted by Gasteiger charge is 2.23. The van der Waals surface area contributed by atoms with Crippen LogP contribution in [-0.4, -0.2) is 38.7 Å². The highest BCUT2D eigenvalue weighted by Crippen LogP contribution is 2.19. The van der Waals surface area contributed by atoms with E-state index < -0.39 is 12.0 Å². The fourth-order valence-electron chi connectivity index (χ4n) is 2.50. The van der Waals surface area contributed by atoms with Crippen LogP contribution >= 0.6 is 0 Å². The molecule has 6 nitrogen and oxygen atoms in total. The first kappa shape index (κ1) is 19.5. The van der Waals surface area contributed by atoms with Gasteiger partial charge in [0.15, 0.2) is 0 Å². The molecule has 0 saturated heterocycles. The first-order valence-corrected chi connectivity index (χ1v) is 8.24. The van der Waals surface area contributed by atoms with E-state index in [0.29, 0.717) is 12.4 Å². The van der Waals surface area contributed by atoms with E-state index in [1.165, 1.54) is 7.11 Å². The lowest BCUT2D eigenvalue weighted by Crippen LogP contribution is -2.44. The highest BCUT2D eigenvalue weighted by molar-refractivity contribution is 5.85. The average Bonchev–Trinajstić information content (AvgIpc) is 2.68. The molecule has 0 aliphatic heterocycles. The van der Waals surface area contributed by atoms with E-state index in [1.54, 1.807) is 13.2 Å². The van der Waals surface area contributed by atoms with Gasteiger partial charge in [0.2, 0.25) is 5.91 Å². The average molecular weight is 357 g/mol. The van der Waals surface area contributed by atoms with Crippen molar-refractivity contribution < 1.29 is 23.8 Å². The maximum absolute atomic E-state index is 12.1. The van der Waals surface area contributed by atoms with E-state index in [1.807, 2.05) is 48.5 Å². The van der Waals surface area contributed by atoms with Gasteiger partial charge in [-0.15, -0.1) is 0 Å². The molecule has 6 heteroatoms. The Balaban J connectivity index is 1.92. The standard InChI is InChI=1S/C20H23NO5/c1-24-18-11-7-6-10-16(18)12-17(20(23)25-2)21-19(22)14-26-13-15-8-4-3-5-9-15/h3-11,17H,12-14H2,1-2H3,(H,21,22)/t17-/m0/s1. The number of carbonyl (C=O) groups is 2. The topological polar surface area (TPSA) is 73.9 Å². The number of amides is 1. The maximum atomic E-state index is 12.1. The lowest BCUT2D eigenvalue weighted by atomic mass is 10.0. The number of esters is 1. The molecule has 0 spiro atoms. The first-order chi connectivity index (χ1) is 12.6. The van der Waals surface area contributed by atoms with Gasteiger partial charge in [0.25, 0.3) is 0 Å². The Hall–Kier alpha value is -2.86. The number of rotatable bonds is 9. The molecule has 0 unspecified atom stereocenters. The molecule has 1 N–H and O–H groups in total. The number of methoxy groups -OCH3 is 2. The van der Waals surface area contributed by atoms with Gasteiger partial charge in [-0.1, -0.05) is 48.5 Å². The van der Waals surface area contributed by atoms with E-state index in [2.05, 4.69) is 5.32 Å². The normalized spacial score (nSPS) is 11.5. The second-order valence-electron chi connectivity index (χ2n) is 5.64. The third kappa shape index (κ3) is 5.89. The van der Waals surface area contributed by atoms with Gasteiger partial charge < -0.3 is 19.5 Å². The third-order valence-electron chi connectivity index (χ3n) is 3.78. The Bertz CT molecular complexity index is 717. The largest absolute Gasteiger partial charge is 0.496 e. The van der Waals surface area contributed by atoms with E-state index in [-0.39, 0.29) is 18.9 Å². The van der Waals surface area contributed by atoms with Crippen LogP contribution < -0.4 is 10.1 Å². The van der Waals surface area contributed by atoms with Crippen LogP contribution in [0.4, 0.5) is 0 Å². The summed E-state index contributed by atoms with van der Waals surface area (Å²) in [5.74, 6) is -0.255. The molecule has 0 heterocycles. The molecule has 0 saturated carbocycles. The Morgan fingerprint density at radius 1 is 1.00 bits per heavy atom. The van der Waals surface area contributed by atoms with Gasteiger partial charge in [-0.25, -0.2) is 4.79 Å². The van der Waals surface area contributed by atoms with Gasteiger partial charge in [0, 0.05) is 6.42 Å². The fraction of sp³-hybridized carbons (Fsp3) is 0.300. The Morgan fingerprint density at radius 2 is 1.69 bits per heavy atom. The Morgan fingerprint density at radius 3 is 2.38 bits per heavy atom. The quantitative estimate of drug-likeness (QED) is 0.696. The zero-order valence-electron chi connectivity index (χ0n) is 14.9. The van der Waals surface area contributed by atoms with Crippen LogP contribution in [0.15, 0.2) is 54.6 Å². The summed E-state index contributed by atoms with van der Waals surface area (Å²) in [7, 11) is 2.84. The Labute approximate surface area is 153 Å². The molecule has 1 atom stereocenters. The van der Waals surface area contributed by atoms with Gasteiger partial charge in [0.1, 0.15) is 18.4 Å². The zero-order valence-corrected chi connectivity index (χ0v) is 14.9. The van der Waals surface area contributed by atoms with Crippen molar-refractivity contribution in [2.75, 3.05) is 20.8 Å². The SMILES string of the molecule is COC(=O)[C@H](Cc1ccccc1OC)NC(=O)COCc1ccccc1. The molecule has 0 radical (unpaired) electrons. The highest BCUT2D eigenvalue weighted by atomic mass is 16.5. The number of para-hydroxylation sites is 1. The number of hydrogen-bond donors (Lipinski definition) is 1. The molecule has 138 valence electrons. The predicted molar refractivity (Wildman–Crippen MR) is 96.7 cm³/mol. The summed E-state index contributed by atoms with van der Waals surface area (Å²) in [4.78, 5) is 24.2. The van der Waals surface area contributed by atoms with Gasteiger partial charge in [0.05, 0.1) is 20.8 Å². The summed E-state index contributed by atoms with van der Waals surface area (Å²) < 4.78 is 15.5. The van der Waals surface area contributed by atoms with E-state index in [4.69, 9.17) is 14.2 Å². The summed E-state index contributed by atoms with van der Waals surface area (Å²) in [6.07, 6.45) is 0.265. The summed E-state index contributed by atoms with van der Waals surface area (Å²) in [5.41, 5.74) is 1.77. The monoisotopic (exact) mass is 357 g/mol. The molecule has 2 aromatic carbocycles. The van der Waals surface area contributed by atoms with Crippen molar-refractivity contribution in [1.29, 1.82) is 0 Å². The van der Waals surface area contributed by atoms with Crippen LogP contribution in [0.3, 0.4) is 0 Å². The maximum Gasteiger partial charge on any atom is 0.328 e. The minimum Gasteiger partial charge on any atom is -0.496 e. The van der Waals surface area contributed by atoms with Crippen molar-refractivity contribution in [2.45, 2.75) is 19.1 Å². The summed E-state index contributed by atoms with van der Waals surface area (Å²) >= 11 is 0. The lowest BCUT2D eigenvalue weighted by Gasteiger charge is -2.18. The predicted octanol–water partition coefficient (Wildman–Crippen LogP) is 2.11. The molecule has 2 aromatic rings. The summed E-state index contributed by atoms with van der Waals surface area (Å²) in [5, 5.41) is 2.66. The molecule has 1 amide bonds. The summed E-state index contributed by atoms with van der Waals surface area (Å²) in [6, 6.07) is 16.1. The van der Waals surface area contributed by atoms with Crippen molar-refractivity contribution in [3.05, 3.63) is 65.7 Å². The number of nitrogens with one attached hydrogen (secondary N) is 1. The molecule has 0 fully saturated rings. The zero-order chi connectivity index (χ0) is 18.8. The van der Waals surface area contributed by atoms with Crippen LogP contribution in [-0.2, 0) is 32.1 Å². The van der Waals surface area contributed by atoms with E-state index >= 15 is 0 Å². The molecular formula is C20H23NO5. The van der Waals surface area contributed by atoms with Crippen molar-refractivity contribution in [1.82, 2.24) is 5.32 Å². The second kappa shape index (κ2) is 10.2. The number of benzene rings is 2. The minimum absolute atomic E-state index is 0.145. The van der Waals surface area contributed by atoms with Gasteiger partial charge in [-0.3, -0.25) is 4.79 Å². The molecule has 26 heavy (non-hydrogen) atoms. The second-order valence-corrected chi connectivity index (χ2v) is 5.64. The third-order valence-corrected chi connectivity index (χ3v) is 3.78. The molecule has 2 rings (SSSR count). The first-order valence-electron chi connectivity index (χ1n) is 8.24. The van der Waals surface area contributed by atoms with Crippen molar-refractivity contribution in [2.24, 2.45) is 0 Å². The van der Waals surface area contributed by atoms with Crippen molar-refractivity contribution >= 4 is 11.9 Å². The number of ether oxygens (including phenoxy) is 3. The lowest BCUT2D eigenvalue weighted by molar-refractivity contribution is -0.145. The summed E-state index contributed by atoms with van der Waals surface area (Å²) in [6.45, 7) is 0.179. The number of carbonyl (C=O) groups excluding carboxylic acids is 2. The van der Waals surface area contributed by atoms with Crippen LogP contribution in [0.2, 0.25) is 0 Å². The van der Waals surface area contributed by atoms with Crippen LogP contribution in [0, 0.1) is 0 Å². The molecule has 0 aromatic heterocycles. The van der Waals surface area contributed by atoms with Gasteiger partial charge >= 0.3 is 5.97 Å². The number of hydrogen-bond acceptors (Lipinski definition) is 5. The molecule has 0 aliphatic rings. The molecule has 0 bridgehead atoms. The van der Waals surface area contributed by atoms with Crippen molar-refractivity contribution in [3.63, 3.8) is 0 Å². The van der Waals surface area contributed by atoms with Crippen LogP contribution in [0.5, 0.6) is 5.75 Å². The van der Waals surface area contributed by atoms with Gasteiger partial charge in [-0.05, 0) is 17.2 Å². The fourth-order valence-corrected chi connectivity index (χ4v) is 2.50. The van der Waals surface area contributed by atoms with Crippen molar-refractivity contribution in [3.8, 4) is 5.75 Å². The van der Waals surface area contributed by atoms with Crippen LogP contribution in [0.1, 0.15) is 11.1 Å². The minimum atomic E-state index is -0.816. The molecular weight excluding hydrogens is 334 g/mol. The van der Waals surface area contributed by atoms with Crippen LogP contribution in [0.25, 0.3) is 0 Å². The molecule has 0 aliphatic carbocycles. The van der Waals surface area contributed by atoms with Gasteiger partial charge in [-0.2, -0.15) is 0 Å². The van der Waals surface area contributed by atoms with E-state index in [9.17, 15) is 9.59 Å². The smallest absolute Gasteiger partial charge is 0.328 e. The van der Waals surface area contributed by atoms with E-state index in [0.717, 1.165) is 11.1 Å².